The molecule has 224 valence electrons. The first-order chi connectivity index (χ1) is 21.5. The Hall–Kier alpha value is -4.21. The van der Waals surface area contributed by atoms with E-state index in [-0.39, 0.29) is 33.2 Å². The summed E-state index contributed by atoms with van der Waals surface area (Å²) in [6, 6.07) is 34.1. The van der Waals surface area contributed by atoms with Crippen molar-refractivity contribution in [3.8, 4) is 11.4 Å². The van der Waals surface area contributed by atoms with Crippen molar-refractivity contribution in [2.24, 2.45) is 4.99 Å². The first kappa shape index (κ1) is 28.3. The molecule has 0 bridgehead atoms. The summed E-state index contributed by atoms with van der Waals surface area (Å²) in [6.45, 7) is 6.43. The molecule has 4 aromatic carbocycles. The van der Waals surface area contributed by atoms with Gasteiger partial charge in [0.05, 0.1) is 11.6 Å². The summed E-state index contributed by atoms with van der Waals surface area (Å²) < 4.78 is 11.0. The van der Waals surface area contributed by atoms with Crippen LogP contribution in [0.25, 0.3) is 55.1 Å². The standard InChI is InChI=1S/C39H32N4O.Pt/c1-23-10-14-34-31(19-23)29-13-12-27(43-35-15-11-24(2)20-32(35)30-7-6-16-40-38(30)43)22-36(29)42(34)28-18-25(3)17-26(21-28)39-41-33-8-4-5-9-37(33)44-39;/h6-7,10-20,33,37H,4-5,8-9H2,1-3H3;/q-2;+2/t33-,37+;/m1./s1. The molecule has 2 atom stereocenters. The third-order valence-electron chi connectivity index (χ3n) is 9.42. The smallest absolute Gasteiger partial charge is 0.515 e. The van der Waals surface area contributed by atoms with Crippen molar-refractivity contribution in [1.82, 2.24) is 14.1 Å². The molecule has 6 heteroatoms. The quantitative estimate of drug-likeness (QED) is 0.169. The van der Waals surface area contributed by atoms with Gasteiger partial charge < -0.3 is 13.9 Å². The maximum absolute atomic E-state index is 6.42. The molecule has 0 N–H and O–H groups in total. The Kier molecular flexibility index (Phi) is 6.72. The van der Waals surface area contributed by atoms with Crippen LogP contribution in [0, 0.1) is 32.9 Å². The second-order valence-corrected chi connectivity index (χ2v) is 12.6. The van der Waals surface area contributed by atoms with Crippen LogP contribution >= 0.6 is 0 Å². The molecular formula is C39H32N4OPt. The zero-order valence-corrected chi connectivity index (χ0v) is 27.8. The monoisotopic (exact) mass is 767 g/mol. The van der Waals surface area contributed by atoms with Crippen molar-refractivity contribution in [3.05, 3.63) is 113 Å². The van der Waals surface area contributed by atoms with Gasteiger partial charge in [0.1, 0.15) is 17.6 Å². The van der Waals surface area contributed by atoms with Gasteiger partial charge >= 0.3 is 21.1 Å². The summed E-state index contributed by atoms with van der Waals surface area (Å²) in [4.78, 5) is 9.87. The van der Waals surface area contributed by atoms with Crippen LogP contribution in [-0.4, -0.2) is 32.2 Å². The maximum atomic E-state index is 6.42. The van der Waals surface area contributed by atoms with Crippen LogP contribution in [0.4, 0.5) is 0 Å². The fourth-order valence-electron chi connectivity index (χ4n) is 7.38. The largest absolute Gasteiger partial charge is 2.00 e. The molecule has 1 saturated carbocycles. The first-order valence-corrected chi connectivity index (χ1v) is 15.6. The first-order valence-electron chi connectivity index (χ1n) is 15.6. The van der Waals surface area contributed by atoms with Crippen LogP contribution in [0.1, 0.15) is 47.9 Å². The number of hydrogen-bond donors (Lipinski definition) is 0. The number of aromatic nitrogens is 3. The van der Waals surface area contributed by atoms with Gasteiger partial charge in [-0.1, -0.05) is 59.4 Å². The zero-order valence-electron chi connectivity index (χ0n) is 25.5. The molecule has 4 heterocycles. The summed E-state index contributed by atoms with van der Waals surface area (Å²) in [7, 11) is 0. The maximum Gasteiger partial charge on any atom is 2.00 e. The van der Waals surface area contributed by atoms with Gasteiger partial charge in [-0.05, 0) is 74.5 Å². The normalized spacial score (nSPS) is 17.9. The average Bonchev–Trinajstić information content (AvgIpc) is 3.70. The van der Waals surface area contributed by atoms with E-state index in [1.54, 1.807) is 0 Å². The molecule has 3 aromatic heterocycles. The van der Waals surface area contributed by atoms with Crippen molar-refractivity contribution < 1.29 is 25.8 Å². The van der Waals surface area contributed by atoms with E-state index >= 15 is 0 Å². The minimum Gasteiger partial charge on any atom is -0.515 e. The Morgan fingerprint density at radius 1 is 0.711 bits per heavy atom. The van der Waals surface area contributed by atoms with Crippen molar-refractivity contribution in [1.29, 1.82) is 0 Å². The van der Waals surface area contributed by atoms with Crippen LogP contribution in [0.5, 0.6) is 0 Å². The minimum atomic E-state index is 0. The third kappa shape index (κ3) is 4.47. The van der Waals surface area contributed by atoms with Gasteiger partial charge in [-0.2, -0.15) is 6.07 Å². The predicted octanol–water partition coefficient (Wildman–Crippen LogP) is 8.89. The molecule has 45 heavy (non-hydrogen) atoms. The molecule has 0 saturated heterocycles. The van der Waals surface area contributed by atoms with Crippen molar-refractivity contribution in [2.75, 3.05) is 0 Å². The van der Waals surface area contributed by atoms with Crippen LogP contribution in [0.15, 0.2) is 84.0 Å². The second-order valence-electron chi connectivity index (χ2n) is 12.6. The van der Waals surface area contributed by atoms with Gasteiger partial charge in [-0.25, -0.2) is 4.98 Å². The Balaban J connectivity index is 0.00000300. The van der Waals surface area contributed by atoms with Gasteiger partial charge in [-0.3, -0.25) is 4.99 Å². The fourth-order valence-corrected chi connectivity index (χ4v) is 7.38. The molecular weight excluding hydrogens is 736 g/mol. The molecule has 1 aliphatic carbocycles. The predicted molar refractivity (Wildman–Crippen MR) is 178 cm³/mol. The van der Waals surface area contributed by atoms with Crippen LogP contribution in [0.2, 0.25) is 0 Å². The van der Waals surface area contributed by atoms with E-state index < -0.39 is 0 Å². The number of benzene rings is 4. The molecule has 5 nitrogen and oxygen atoms in total. The van der Waals surface area contributed by atoms with E-state index in [1.165, 1.54) is 34.7 Å². The number of nitrogens with zero attached hydrogens (tertiary/aromatic N) is 4. The molecule has 0 radical (unpaired) electrons. The topological polar surface area (TPSA) is 44.3 Å². The molecule has 1 fully saturated rings. The Bertz CT molecular complexity index is 2330. The van der Waals surface area contributed by atoms with Gasteiger partial charge in [0, 0.05) is 22.5 Å². The summed E-state index contributed by atoms with van der Waals surface area (Å²) in [5, 5.41) is 4.71. The van der Waals surface area contributed by atoms with Gasteiger partial charge in [-0.15, -0.1) is 41.3 Å². The van der Waals surface area contributed by atoms with Crippen LogP contribution in [-0.2, 0) is 25.8 Å². The van der Waals surface area contributed by atoms with E-state index in [0.717, 1.165) is 74.2 Å². The number of aliphatic imine (C=N–C) groups is 1. The summed E-state index contributed by atoms with van der Waals surface area (Å²) >= 11 is 0. The van der Waals surface area contributed by atoms with E-state index in [0.29, 0.717) is 0 Å². The molecule has 1 aliphatic heterocycles. The molecule has 0 amide bonds. The molecule has 2 aliphatic rings. The molecule has 7 aromatic rings. The fraction of sp³-hybridized carbons (Fsp3) is 0.231. The Morgan fingerprint density at radius 2 is 1.47 bits per heavy atom. The number of hydrogen-bond acceptors (Lipinski definition) is 3. The second kappa shape index (κ2) is 10.7. The van der Waals surface area contributed by atoms with Crippen LogP contribution < -0.4 is 0 Å². The molecule has 0 unspecified atom stereocenters. The summed E-state index contributed by atoms with van der Waals surface area (Å²) in [6.07, 6.45) is 6.70. The summed E-state index contributed by atoms with van der Waals surface area (Å²) in [5.41, 5.74) is 10.7. The number of pyridine rings is 1. The molecule has 0 spiro atoms. The number of ether oxygens (including phenoxy) is 1. The van der Waals surface area contributed by atoms with Crippen molar-refractivity contribution >= 4 is 49.6 Å². The van der Waals surface area contributed by atoms with Crippen LogP contribution in [0.3, 0.4) is 0 Å². The number of fused-ring (bicyclic) bond motifs is 7. The zero-order chi connectivity index (χ0) is 29.5. The number of aryl methyl sites for hydroxylation is 3. The van der Waals surface area contributed by atoms with Gasteiger partial charge in [0.2, 0.25) is 0 Å². The number of rotatable bonds is 3. The Morgan fingerprint density at radius 3 is 2.27 bits per heavy atom. The van der Waals surface area contributed by atoms with Crippen molar-refractivity contribution in [3.63, 3.8) is 0 Å². The van der Waals surface area contributed by atoms with E-state index in [9.17, 15) is 0 Å². The van der Waals surface area contributed by atoms with Gasteiger partial charge in [0.25, 0.3) is 0 Å². The van der Waals surface area contributed by atoms with E-state index in [1.807, 2.05) is 12.3 Å². The summed E-state index contributed by atoms with van der Waals surface area (Å²) in [5.74, 6) is 0.736. The SMILES string of the molecule is Cc1cc(C2=N[C@@H]3CCCC[C@@H]3O2)[c-]c(-n2c3[c-]c(-n4c5ccc(C)cc5c5cccnc54)ccc3c3cc(C)ccc32)c1.[Pt+2]. The van der Waals surface area contributed by atoms with Crippen molar-refractivity contribution in [2.45, 2.75) is 58.6 Å². The molecule has 9 rings (SSSR count). The minimum absolute atomic E-state index is 0. The van der Waals surface area contributed by atoms with E-state index in [4.69, 9.17) is 14.7 Å². The third-order valence-corrected chi connectivity index (χ3v) is 9.42. The van der Waals surface area contributed by atoms with E-state index in [2.05, 4.69) is 109 Å². The Labute approximate surface area is 276 Å². The average molecular weight is 768 g/mol. The van der Waals surface area contributed by atoms with Gasteiger partial charge in [0.15, 0.2) is 0 Å².